The van der Waals surface area contributed by atoms with Crippen LogP contribution >= 0.6 is 0 Å². The SMILES string of the molecule is CC(C1CCC2OC2C1)[Si](C)(C)O[SiH](C)C. The molecule has 1 saturated heterocycles. The van der Waals surface area contributed by atoms with Gasteiger partial charge in [0.15, 0.2) is 17.4 Å². The van der Waals surface area contributed by atoms with Crippen LogP contribution in [-0.4, -0.2) is 29.6 Å². The molecule has 1 saturated carbocycles. The van der Waals surface area contributed by atoms with Crippen LogP contribution in [-0.2, 0) is 8.85 Å². The Balaban J connectivity index is 1.91. The predicted octanol–water partition coefficient (Wildman–Crippen LogP) is 3.15. The predicted molar refractivity (Wildman–Crippen MR) is 72.9 cm³/mol. The molecule has 2 rings (SSSR count). The average molecular weight is 259 g/mol. The largest absolute Gasteiger partial charge is 0.458 e. The Labute approximate surface area is 103 Å². The van der Waals surface area contributed by atoms with Crippen molar-refractivity contribution in [2.45, 2.75) is 70.1 Å². The van der Waals surface area contributed by atoms with Gasteiger partial charge in [0.2, 0.25) is 0 Å². The van der Waals surface area contributed by atoms with Crippen LogP contribution in [0, 0.1) is 5.92 Å². The van der Waals surface area contributed by atoms with E-state index < -0.39 is 17.4 Å². The molecular formula is C12H26O2Si2. The van der Waals surface area contributed by atoms with Gasteiger partial charge >= 0.3 is 0 Å². The first-order valence-electron chi connectivity index (χ1n) is 6.73. The lowest BCUT2D eigenvalue weighted by atomic mass is 9.87. The number of rotatable bonds is 4. The normalized spacial score (nSPS) is 36.0. The smallest absolute Gasteiger partial charge is 0.176 e. The Morgan fingerprint density at radius 2 is 1.94 bits per heavy atom. The fourth-order valence-corrected chi connectivity index (χ4v) is 10.3. The van der Waals surface area contributed by atoms with Gasteiger partial charge < -0.3 is 8.85 Å². The van der Waals surface area contributed by atoms with Crippen molar-refractivity contribution >= 4 is 17.4 Å². The molecule has 16 heavy (non-hydrogen) atoms. The molecule has 0 aromatic rings. The molecule has 94 valence electrons. The van der Waals surface area contributed by atoms with Gasteiger partial charge in [0.05, 0.1) is 12.2 Å². The van der Waals surface area contributed by atoms with E-state index in [1.807, 2.05) is 0 Å². The molecule has 0 bridgehead atoms. The molecule has 4 unspecified atom stereocenters. The molecule has 0 spiro atoms. The fraction of sp³-hybridized carbons (Fsp3) is 1.00. The van der Waals surface area contributed by atoms with E-state index in [-0.39, 0.29) is 0 Å². The molecule has 0 N–H and O–H groups in total. The molecule has 4 heteroatoms. The summed E-state index contributed by atoms with van der Waals surface area (Å²) < 4.78 is 12.0. The van der Waals surface area contributed by atoms with E-state index in [1.54, 1.807) is 0 Å². The fourth-order valence-electron chi connectivity index (χ4n) is 3.17. The number of ether oxygens (including phenoxy) is 1. The van der Waals surface area contributed by atoms with Gasteiger partial charge in [-0.3, -0.25) is 0 Å². The molecule has 0 aromatic carbocycles. The summed E-state index contributed by atoms with van der Waals surface area (Å²) in [6.45, 7) is 11.8. The zero-order valence-electron chi connectivity index (χ0n) is 11.3. The van der Waals surface area contributed by atoms with E-state index in [9.17, 15) is 0 Å². The van der Waals surface area contributed by atoms with Crippen molar-refractivity contribution in [2.75, 3.05) is 0 Å². The molecule has 2 fully saturated rings. The molecule has 1 heterocycles. The van der Waals surface area contributed by atoms with Crippen molar-refractivity contribution in [1.82, 2.24) is 0 Å². The van der Waals surface area contributed by atoms with Gasteiger partial charge in [-0.1, -0.05) is 6.92 Å². The Kier molecular flexibility index (Phi) is 3.64. The lowest BCUT2D eigenvalue weighted by Gasteiger charge is -2.38. The molecule has 0 aromatic heterocycles. The second-order valence-electron chi connectivity index (χ2n) is 6.34. The van der Waals surface area contributed by atoms with Crippen molar-refractivity contribution in [3.63, 3.8) is 0 Å². The van der Waals surface area contributed by atoms with Gasteiger partial charge in [-0.25, -0.2) is 0 Å². The third-order valence-electron chi connectivity index (χ3n) is 4.39. The Bertz CT molecular complexity index is 255. The number of epoxide rings is 1. The molecule has 4 atom stereocenters. The van der Waals surface area contributed by atoms with Crippen LogP contribution in [0.1, 0.15) is 26.2 Å². The first-order chi connectivity index (χ1) is 7.40. The monoisotopic (exact) mass is 258 g/mol. The van der Waals surface area contributed by atoms with Crippen LogP contribution in [0.2, 0.25) is 31.7 Å². The Hall–Kier alpha value is 0.354. The maximum atomic E-state index is 6.34. The van der Waals surface area contributed by atoms with Crippen molar-refractivity contribution in [1.29, 1.82) is 0 Å². The Morgan fingerprint density at radius 1 is 1.25 bits per heavy atom. The van der Waals surface area contributed by atoms with Crippen molar-refractivity contribution < 1.29 is 8.85 Å². The minimum absolute atomic E-state index is 0.613. The quantitative estimate of drug-likeness (QED) is 0.571. The number of hydrogen-bond donors (Lipinski definition) is 0. The van der Waals surface area contributed by atoms with Gasteiger partial charge in [0.25, 0.3) is 0 Å². The minimum atomic E-state index is -1.46. The molecule has 1 aliphatic heterocycles. The average Bonchev–Trinajstić information content (AvgIpc) is 2.91. The summed E-state index contributed by atoms with van der Waals surface area (Å²) in [6.07, 6.45) is 5.20. The van der Waals surface area contributed by atoms with Gasteiger partial charge in [0.1, 0.15) is 0 Å². The summed E-state index contributed by atoms with van der Waals surface area (Å²) in [5.74, 6) is 0.859. The number of fused-ring (bicyclic) bond motifs is 1. The summed E-state index contributed by atoms with van der Waals surface area (Å²) in [6, 6.07) is 0. The molecule has 2 nitrogen and oxygen atoms in total. The van der Waals surface area contributed by atoms with Gasteiger partial charge in [-0.15, -0.1) is 0 Å². The minimum Gasteiger partial charge on any atom is -0.458 e. The standard InChI is InChI=1S/C12H26O2Si2/c1-9(16(4,5)14-15(2)3)10-6-7-11-12(8-10)13-11/h9-12,15H,6-8H2,1-5H3. The highest BCUT2D eigenvalue weighted by Crippen LogP contribution is 2.46. The van der Waals surface area contributed by atoms with E-state index in [0.717, 1.165) is 11.5 Å². The third-order valence-corrected chi connectivity index (χ3v) is 11.4. The highest BCUT2D eigenvalue weighted by Gasteiger charge is 2.47. The van der Waals surface area contributed by atoms with Crippen molar-refractivity contribution in [3.05, 3.63) is 0 Å². The highest BCUT2D eigenvalue weighted by atomic mass is 28.4. The van der Waals surface area contributed by atoms with Crippen LogP contribution in [0.3, 0.4) is 0 Å². The van der Waals surface area contributed by atoms with Crippen LogP contribution in [0.15, 0.2) is 0 Å². The maximum absolute atomic E-state index is 6.34. The second-order valence-corrected chi connectivity index (χ2v) is 13.5. The zero-order valence-corrected chi connectivity index (χ0v) is 13.5. The zero-order chi connectivity index (χ0) is 11.9. The lowest BCUT2D eigenvalue weighted by molar-refractivity contribution is 0.345. The molecule has 0 amide bonds. The Morgan fingerprint density at radius 3 is 2.50 bits per heavy atom. The van der Waals surface area contributed by atoms with Crippen LogP contribution < -0.4 is 0 Å². The van der Waals surface area contributed by atoms with Crippen molar-refractivity contribution in [3.8, 4) is 0 Å². The van der Waals surface area contributed by atoms with Gasteiger partial charge in [0, 0.05) is 0 Å². The second kappa shape index (κ2) is 4.55. The molecule has 0 radical (unpaired) electrons. The van der Waals surface area contributed by atoms with Crippen molar-refractivity contribution in [2.24, 2.45) is 5.92 Å². The third kappa shape index (κ3) is 2.78. The van der Waals surface area contributed by atoms with Crippen LogP contribution in [0.25, 0.3) is 0 Å². The summed E-state index contributed by atoms with van der Waals surface area (Å²) in [7, 11) is -2.34. The van der Waals surface area contributed by atoms with Gasteiger partial charge in [-0.2, -0.15) is 0 Å². The lowest BCUT2D eigenvalue weighted by Crippen LogP contribution is -2.43. The van der Waals surface area contributed by atoms with E-state index in [2.05, 4.69) is 33.1 Å². The first-order valence-corrected chi connectivity index (χ1v) is 12.5. The summed E-state index contributed by atoms with van der Waals surface area (Å²) in [5.41, 5.74) is 0.785. The van der Waals surface area contributed by atoms with Crippen LogP contribution in [0.4, 0.5) is 0 Å². The van der Waals surface area contributed by atoms with Crippen LogP contribution in [0.5, 0.6) is 0 Å². The summed E-state index contributed by atoms with van der Waals surface area (Å²) in [4.78, 5) is 0. The van der Waals surface area contributed by atoms with E-state index in [4.69, 9.17) is 8.85 Å². The van der Waals surface area contributed by atoms with Gasteiger partial charge in [-0.05, 0) is 56.9 Å². The molecule has 2 aliphatic rings. The maximum Gasteiger partial charge on any atom is 0.176 e. The summed E-state index contributed by atoms with van der Waals surface area (Å²) >= 11 is 0. The van der Waals surface area contributed by atoms with E-state index >= 15 is 0 Å². The molecule has 1 aliphatic carbocycles. The topological polar surface area (TPSA) is 21.8 Å². The molecular weight excluding hydrogens is 232 g/mol. The van der Waals surface area contributed by atoms with E-state index in [1.165, 1.54) is 19.3 Å². The van der Waals surface area contributed by atoms with E-state index in [0.29, 0.717) is 12.2 Å². The summed E-state index contributed by atoms with van der Waals surface area (Å²) in [5, 5.41) is 0. The first kappa shape index (κ1) is 12.8. The highest BCUT2D eigenvalue weighted by molar-refractivity contribution is 6.78. The number of hydrogen-bond acceptors (Lipinski definition) is 2.